The highest BCUT2D eigenvalue weighted by molar-refractivity contribution is 7.89. The maximum absolute atomic E-state index is 12.0. The smallest absolute Gasteiger partial charge is 0.389 e. The van der Waals surface area contributed by atoms with Crippen LogP contribution in [0.15, 0.2) is 12.7 Å². The van der Waals surface area contributed by atoms with E-state index in [1.807, 2.05) is 0 Å². The minimum Gasteiger partial charge on any atom is -0.465 e. The number of sulfonamides is 1. The average molecular weight is 317 g/mol. The number of carbonyl (C=O) groups is 1. The topological polar surface area (TPSA) is 63.7 Å². The predicted octanol–water partition coefficient (Wildman–Crippen LogP) is 1.71. The van der Waals surface area contributed by atoms with Gasteiger partial charge >= 0.3 is 12.1 Å². The van der Waals surface area contributed by atoms with Gasteiger partial charge in [-0.1, -0.05) is 6.08 Å². The molecule has 0 aliphatic carbocycles. The highest BCUT2D eigenvalue weighted by Gasteiger charge is 2.29. The lowest BCUT2D eigenvalue weighted by atomic mass is 10.3. The van der Waals surface area contributed by atoms with Gasteiger partial charge in [-0.2, -0.15) is 17.5 Å². The number of carbonyl (C=O) groups excluding carboxylic acids is 1. The van der Waals surface area contributed by atoms with Crippen LogP contribution in [0.3, 0.4) is 0 Å². The third-order valence-corrected chi connectivity index (χ3v) is 4.07. The first-order chi connectivity index (χ1) is 9.12. The van der Waals surface area contributed by atoms with Crippen molar-refractivity contribution in [3.8, 4) is 0 Å². The lowest BCUT2D eigenvalue weighted by molar-refractivity contribution is -0.143. The predicted molar refractivity (Wildman–Crippen MR) is 67.5 cm³/mol. The third kappa shape index (κ3) is 8.16. The molecular weight excluding hydrogens is 299 g/mol. The van der Waals surface area contributed by atoms with E-state index < -0.39 is 47.3 Å². The van der Waals surface area contributed by atoms with Crippen LogP contribution in [0.1, 0.15) is 19.8 Å². The van der Waals surface area contributed by atoms with Crippen LogP contribution in [0.4, 0.5) is 13.2 Å². The zero-order chi connectivity index (χ0) is 15.8. The van der Waals surface area contributed by atoms with Gasteiger partial charge in [0.05, 0.1) is 12.4 Å². The van der Waals surface area contributed by atoms with Gasteiger partial charge in [-0.25, -0.2) is 8.42 Å². The molecule has 9 heteroatoms. The van der Waals surface area contributed by atoms with E-state index in [1.54, 1.807) is 6.92 Å². The van der Waals surface area contributed by atoms with Gasteiger partial charge in [0.2, 0.25) is 10.0 Å². The van der Waals surface area contributed by atoms with Gasteiger partial charge in [0, 0.05) is 13.0 Å². The monoisotopic (exact) mass is 317 g/mol. The van der Waals surface area contributed by atoms with Crippen LogP contribution in [0.25, 0.3) is 0 Å². The van der Waals surface area contributed by atoms with Crippen molar-refractivity contribution < 1.29 is 31.1 Å². The lowest BCUT2D eigenvalue weighted by Gasteiger charge is -2.19. The van der Waals surface area contributed by atoms with Gasteiger partial charge in [0.25, 0.3) is 0 Å². The summed E-state index contributed by atoms with van der Waals surface area (Å²) < 4.78 is 65.0. The molecule has 0 spiro atoms. The Bertz CT molecular complexity index is 420. The molecule has 0 aromatic carbocycles. The number of ether oxygens (including phenoxy) is 1. The summed E-state index contributed by atoms with van der Waals surface area (Å²) in [6.45, 7) is 4.31. The summed E-state index contributed by atoms with van der Waals surface area (Å²) in [6.07, 6.45) is -4.89. The summed E-state index contributed by atoms with van der Waals surface area (Å²) in [4.78, 5) is 11.3. The van der Waals surface area contributed by atoms with Crippen molar-refractivity contribution in [2.45, 2.75) is 25.9 Å². The number of esters is 1. The van der Waals surface area contributed by atoms with Crippen LogP contribution in [-0.4, -0.2) is 50.3 Å². The Labute approximate surface area is 116 Å². The van der Waals surface area contributed by atoms with Crippen LogP contribution in [0, 0.1) is 0 Å². The molecule has 0 saturated carbocycles. The second-order valence-electron chi connectivity index (χ2n) is 3.92. The van der Waals surface area contributed by atoms with Gasteiger partial charge in [-0.15, -0.1) is 6.58 Å². The summed E-state index contributed by atoms with van der Waals surface area (Å²) >= 11 is 0. The fourth-order valence-electron chi connectivity index (χ4n) is 1.36. The van der Waals surface area contributed by atoms with E-state index in [2.05, 4.69) is 11.3 Å². The van der Waals surface area contributed by atoms with Crippen molar-refractivity contribution >= 4 is 16.0 Å². The van der Waals surface area contributed by atoms with Crippen molar-refractivity contribution in [3.05, 3.63) is 12.7 Å². The Kier molecular flexibility index (Phi) is 7.80. The van der Waals surface area contributed by atoms with E-state index in [-0.39, 0.29) is 13.2 Å². The Hall–Kier alpha value is -1.09. The van der Waals surface area contributed by atoms with Crippen LogP contribution >= 0.6 is 0 Å². The second kappa shape index (κ2) is 8.25. The fourth-order valence-corrected chi connectivity index (χ4v) is 2.76. The molecular formula is C11H18F3NO4S. The summed E-state index contributed by atoms with van der Waals surface area (Å²) in [5.41, 5.74) is 0. The normalized spacial score (nSPS) is 12.4. The highest BCUT2D eigenvalue weighted by atomic mass is 32.2. The van der Waals surface area contributed by atoms with E-state index in [0.717, 1.165) is 4.31 Å². The largest absolute Gasteiger partial charge is 0.465 e. The number of alkyl halides is 3. The van der Waals surface area contributed by atoms with Crippen molar-refractivity contribution in [3.63, 3.8) is 0 Å². The summed E-state index contributed by atoms with van der Waals surface area (Å²) in [5, 5.41) is 0. The molecule has 0 aliphatic rings. The highest BCUT2D eigenvalue weighted by Crippen LogP contribution is 2.22. The summed E-state index contributed by atoms with van der Waals surface area (Å²) in [6, 6.07) is 0. The standard InChI is InChI=1S/C11H18F3NO4S/c1-3-7-15(9-10(16)19-4-2)20(17,18)8-5-6-11(12,13)14/h3H,1,4-9H2,2H3. The molecule has 0 unspecified atom stereocenters. The summed E-state index contributed by atoms with van der Waals surface area (Å²) in [5.74, 6) is -1.44. The molecule has 0 aromatic heterocycles. The molecule has 0 amide bonds. The minimum atomic E-state index is -4.40. The SMILES string of the molecule is C=CCN(CC(=O)OCC)S(=O)(=O)CCCC(F)(F)F. The van der Waals surface area contributed by atoms with Gasteiger partial charge in [-0.05, 0) is 13.3 Å². The van der Waals surface area contributed by atoms with Crippen LogP contribution in [-0.2, 0) is 19.6 Å². The molecule has 0 saturated heterocycles. The Morgan fingerprint density at radius 3 is 2.45 bits per heavy atom. The Balaban J connectivity index is 4.63. The zero-order valence-electron chi connectivity index (χ0n) is 11.1. The molecule has 0 heterocycles. The molecule has 20 heavy (non-hydrogen) atoms. The minimum absolute atomic E-state index is 0.0921. The fraction of sp³-hybridized carbons (Fsp3) is 0.727. The van der Waals surface area contributed by atoms with Gasteiger partial charge in [-0.3, -0.25) is 4.79 Å². The first kappa shape index (κ1) is 18.9. The number of hydrogen-bond donors (Lipinski definition) is 0. The van der Waals surface area contributed by atoms with Crippen molar-refractivity contribution in [2.24, 2.45) is 0 Å². The first-order valence-electron chi connectivity index (χ1n) is 5.93. The molecule has 0 aromatic rings. The van der Waals surface area contributed by atoms with Crippen molar-refractivity contribution in [1.29, 1.82) is 0 Å². The van der Waals surface area contributed by atoms with Crippen LogP contribution in [0.5, 0.6) is 0 Å². The summed E-state index contributed by atoms with van der Waals surface area (Å²) in [7, 11) is -3.96. The van der Waals surface area contributed by atoms with Gasteiger partial charge < -0.3 is 4.74 Å². The number of nitrogens with zero attached hydrogens (tertiary/aromatic N) is 1. The number of rotatable bonds is 9. The first-order valence-corrected chi connectivity index (χ1v) is 7.54. The molecule has 0 fully saturated rings. The second-order valence-corrected chi connectivity index (χ2v) is 6.01. The van der Waals surface area contributed by atoms with Gasteiger partial charge in [0.15, 0.2) is 0 Å². The third-order valence-electron chi connectivity index (χ3n) is 2.20. The lowest BCUT2D eigenvalue weighted by Crippen LogP contribution is -2.38. The molecule has 118 valence electrons. The molecule has 0 atom stereocenters. The Morgan fingerprint density at radius 1 is 1.40 bits per heavy atom. The van der Waals surface area contributed by atoms with Crippen molar-refractivity contribution in [1.82, 2.24) is 4.31 Å². The van der Waals surface area contributed by atoms with Gasteiger partial charge in [0.1, 0.15) is 6.54 Å². The average Bonchev–Trinajstić information content (AvgIpc) is 2.26. The molecule has 0 bridgehead atoms. The van der Waals surface area contributed by atoms with E-state index in [9.17, 15) is 26.4 Å². The van der Waals surface area contributed by atoms with E-state index in [0.29, 0.717) is 0 Å². The maximum atomic E-state index is 12.0. The zero-order valence-corrected chi connectivity index (χ0v) is 12.0. The van der Waals surface area contributed by atoms with Crippen LogP contribution in [0.2, 0.25) is 0 Å². The number of hydrogen-bond acceptors (Lipinski definition) is 4. The molecule has 0 aliphatic heterocycles. The Morgan fingerprint density at radius 2 is 2.00 bits per heavy atom. The van der Waals surface area contributed by atoms with E-state index in [4.69, 9.17) is 0 Å². The van der Waals surface area contributed by atoms with Crippen LogP contribution < -0.4 is 0 Å². The van der Waals surface area contributed by atoms with E-state index in [1.165, 1.54) is 6.08 Å². The van der Waals surface area contributed by atoms with E-state index >= 15 is 0 Å². The molecule has 5 nitrogen and oxygen atoms in total. The van der Waals surface area contributed by atoms with Crippen molar-refractivity contribution in [2.75, 3.05) is 25.4 Å². The maximum Gasteiger partial charge on any atom is 0.389 e. The molecule has 0 N–H and O–H groups in total. The molecule has 0 radical (unpaired) electrons. The molecule has 0 rings (SSSR count). The quantitative estimate of drug-likeness (QED) is 0.480. The number of halogens is 3.